The fraction of sp³-hybridized carbons (Fsp3) is 0.312. The summed E-state index contributed by atoms with van der Waals surface area (Å²) in [6.45, 7) is 1.73. The van der Waals surface area contributed by atoms with E-state index in [1.54, 1.807) is 0 Å². The van der Waals surface area contributed by atoms with Gasteiger partial charge in [-0.05, 0) is 42.0 Å². The summed E-state index contributed by atoms with van der Waals surface area (Å²) in [7, 11) is 0. The van der Waals surface area contributed by atoms with Gasteiger partial charge in [0.05, 0.1) is 5.69 Å². The van der Waals surface area contributed by atoms with Crippen molar-refractivity contribution in [1.29, 1.82) is 0 Å². The Kier molecular flexibility index (Phi) is 3.37. The summed E-state index contributed by atoms with van der Waals surface area (Å²) in [6, 6.07) is 15.0. The maximum absolute atomic E-state index is 4.29. The van der Waals surface area contributed by atoms with Crippen LogP contribution in [0.2, 0.25) is 0 Å². The summed E-state index contributed by atoms with van der Waals surface area (Å²) in [5.74, 6) is 0.848. The van der Waals surface area contributed by atoms with Gasteiger partial charge >= 0.3 is 0 Å². The maximum Gasteiger partial charge on any atom is 0.0541 e. The summed E-state index contributed by atoms with van der Waals surface area (Å²) in [6.07, 6.45) is 4.58. The Labute approximate surface area is 108 Å². The molecule has 2 heteroatoms. The van der Waals surface area contributed by atoms with Gasteiger partial charge in [-0.1, -0.05) is 30.3 Å². The number of nitrogens with one attached hydrogen (secondary N) is 1. The molecule has 0 amide bonds. The van der Waals surface area contributed by atoms with E-state index in [1.165, 1.54) is 24.0 Å². The molecule has 0 radical (unpaired) electrons. The molecule has 1 N–H and O–H groups in total. The Hall–Kier alpha value is -1.67. The number of pyridine rings is 1. The van der Waals surface area contributed by atoms with Crippen molar-refractivity contribution in [2.45, 2.75) is 31.8 Å². The summed E-state index contributed by atoms with van der Waals surface area (Å²) in [4.78, 5) is 4.29. The van der Waals surface area contributed by atoms with Crippen molar-refractivity contribution in [2.75, 3.05) is 0 Å². The molecule has 1 aromatic heterocycles. The molecule has 1 aliphatic rings. The van der Waals surface area contributed by atoms with E-state index in [0.29, 0.717) is 0 Å². The van der Waals surface area contributed by atoms with Gasteiger partial charge in [-0.25, -0.2) is 0 Å². The van der Waals surface area contributed by atoms with Gasteiger partial charge in [0.25, 0.3) is 0 Å². The van der Waals surface area contributed by atoms with E-state index in [0.717, 1.165) is 24.7 Å². The van der Waals surface area contributed by atoms with Gasteiger partial charge in [-0.15, -0.1) is 0 Å². The number of hydrogen-bond acceptors (Lipinski definition) is 2. The van der Waals surface area contributed by atoms with Crippen LogP contribution in [0.5, 0.6) is 0 Å². The summed E-state index contributed by atoms with van der Waals surface area (Å²) < 4.78 is 0. The van der Waals surface area contributed by atoms with Crippen molar-refractivity contribution in [3.05, 3.63) is 65.5 Å². The smallest absolute Gasteiger partial charge is 0.0541 e. The molecule has 1 fully saturated rings. The fourth-order valence-electron chi connectivity index (χ4n) is 2.16. The third-order valence-corrected chi connectivity index (χ3v) is 3.39. The average molecular weight is 238 g/mol. The Bertz CT molecular complexity index is 486. The molecule has 92 valence electrons. The van der Waals surface area contributed by atoms with Crippen LogP contribution >= 0.6 is 0 Å². The molecule has 2 nitrogen and oxygen atoms in total. The van der Waals surface area contributed by atoms with Crippen molar-refractivity contribution >= 4 is 0 Å². The Balaban J connectivity index is 1.50. The van der Waals surface area contributed by atoms with Gasteiger partial charge in [0.15, 0.2) is 0 Å². The van der Waals surface area contributed by atoms with Gasteiger partial charge in [0, 0.05) is 19.3 Å². The van der Waals surface area contributed by atoms with Crippen LogP contribution in [0.4, 0.5) is 0 Å². The van der Waals surface area contributed by atoms with Gasteiger partial charge in [0.2, 0.25) is 0 Å². The highest BCUT2D eigenvalue weighted by molar-refractivity contribution is 5.28. The van der Waals surface area contributed by atoms with Crippen molar-refractivity contribution < 1.29 is 0 Å². The van der Waals surface area contributed by atoms with Crippen LogP contribution in [-0.2, 0) is 13.1 Å². The second-order valence-corrected chi connectivity index (χ2v) is 4.94. The molecule has 1 heterocycles. The third kappa shape index (κ3) is 2.96. The molecule has 0 unspecified atom stereocenters. The number of nitrogens with zero attached hydrogens (tertiary/aromatic N) is 1. The van der Waals surface area contributed by atoms with Crippen LogP contribution in [0.25, 0.3) is 0 Å². The van der Waals surface area contributed by atoms with E-state index >= 15 is 0 Å². The van der Waals surface area contributed by atoms with Crippen molar-refractivity contribution in [2.24, 2.45) is 0 Å². The zero-order chi connectivity index (χ0) is 12.2. The van der Waals surface area contributed by atoms with Crippen molar-refractivity contribution in [3.8, 4) is 0 Å². The highest BCUT2D eigenvalue weighted by Crippen LogP contribution is 2.39. The minimum absolute atomic E-state index is 0.825. The molecular weight excluding hydrogens is 220 g/mol. The molecule has 0 saturated heterocycles. The third-order valence-electron chi connectivity index (χ3n) is 3.39. The number of aromatic nitrogens is 1. The lowest BCUT2D eigenvalue weighted by Gasteiger charge is -2.05. The highest BCUT2D eigenvalue weighted by atomic mass is 14.9. The van der Waals surface area contributed by atoms with E-state index in [1.807, 2.05) is 24.4 Å². The highest BCUT2D eigenvalue weighted by Gasteiger charge is 2.22. The predicted molar refractivity (Wildman–Crippen MR) is 73.2 cm³/mol. The average Bonchev–Trinajstić information content (AvgIpc) is 3.25. The quantitative estimate of drug-likeness (QED) is 0.865. The fourth-order valence-corrected chi connectivity index (χ4v) is 2.16. The molecule has 1 aromatic carbocycles. The normalized spacial score (nSPS) is 14.7. The first kappa shape index (κ1) is 11.4. The summed E-state index contributed by atoms with van der Waals surface area (Å²) in [5, 5.41) is 3.42. The van der Waals surface area contributed by atoms with E-state index < -0.39 is 0 Å². The molecule has 3 rings (SSSR count). The van der Waals surface area contributed by atoms with Crippen molar-refractivity contribution in [3.63, 3.8) is 0 Å². The lowest BCUT2D eigenvalue weighted by atomic mass is 10.1. The first-order valence-corrected chi connectivity index (χ1v) is 6.61. The van der Waals surface area contributed by atoms with E-state index in [-0.39, 0.29) is 0 Å². The Morgan fingerprint density at radius 1 is 1.00 bits per heavy atom. The van der Waals surface area contributed by atoms with E-state index in [9.17, 15) is 0 Å². The second-order valence-electron chi connectivity index (χ2n) is 4.94. The molecule has 0 aliphatic heterocycles. The lowest BCUT2D eigenvalue weighted by Crippen LogP contribution is -2.13. The van der Waals surface area contributed by atoms with E-state index in [2.05, 4.69) is 34.6 Å². The molecule has 0 bridgehead atoms. The number of benzene rings is 1. The molecule has 0 atom stereocenters. The topological polar surface area (TPSA) is 24.9 Å². The van der Waals surface area contributed by atoms with Crippen LogP contribution in [0, 0.1) is 0 Å². The van der Waals surface area contributed by atoms with Crippen LogP contribution in [0.15, 0.2) is 48.7 Å². The van der Waals surface area contributed by atoms with Gasteiger partial charge in [-0.3, -0.25) is 4.98 Å². The molecule has 1 saturated carbocycles. The van der Waals surface area contributed by atoms with Crippen LogP contribution < -0.4 is 5.32 Å². The zero-order valence-electron chi connectivity index (χ0n) is 10.5. The van der Waals surface area contributed by atoms with Crippen LogP contribution in [-0.4, -0.2) is 4.98 Å². The Morgan fingerprint density at radius 2 is 1.83 bits per heavy atom. The molecular formula is C16H18N2. The summed E-state index contributed by atoms with van der Waals surface area (Å²) >= 11 is 0. The van der Waals surface area contributed by atoms with Crippen molar-refractivity contribution in [1.82, 2.24) is 10.3 Å². The van der Waals surface area contributed by atoms with Crippen LogP contribution in [0.3, 0.4) is 0 Å². The number of hydrogen-bond donors (Lipinski definition) is 1. The summed E-state index contributed by atoms with van der Waals surface area (Å²) in [5.41, 5.74) is 3.94. The molecule has 18 heavy (non-hydrogen) atoms. The first-order chi connectivity index (χ1) is 8.92. The minimum atomic E-state index is 0.825. The van der Waals surface area contributed by atoms with Gasteiger partial charge < -0.3 is 5.32 Å². The van der Waals surface area contributed by atoms with E-state index in [4.69, 9.17) is 0 Å². The zero-order valence-corrected chi connectivity index (χ0v) is 10.5. The van der Waals surface area contributed by atoms with Gasteiger partial charge in [-0.2, -0.15) is 0 Å². The molecule has 1 aliphatic carbocycles. The number of rotatable bonds is 5. The predicted octanol–water partition coefficient (Wildman–Crippen LogP) is 3.25. The molecule has 2 aromatic rings. The van der Waals surface area contributed by atoms with Gasteiger partial charge in [0.1, 0.15) is 0 Å². The Morgan fingerprint density at radius 3 is 2.50 bits per heavy atom. The molecule has 0 spiro atoms. The van der Waals surface area contributed by atoms with Crippen LogP contribution in [0.1, 0.15) is 35.6 Å². The maximum atomic E-state index is 4.29. The second kappa shape index (κ2) is 5.32. The monoisotopic (exact) mass is 238 g/mol. The largest absolute Gasteiger partial charge is 0.307 e. The minimum Gasteiger partial charge on any atom is -0.307 e. The lowest BCUT2D eigenvalue weighted by molar-refractivity contribution is 0.679. The SMILES string of the molecule is c1ccc(CNCc2ccc(C3CC3)cc2)nc1. The first-order valence-electron chi connectivity index (χ1n) is 6.61. The standard InChI is InChI=1S/C16H18N2/c1-2-10-18-16(3-1)12-17-11-13-4-6-14(7-5-13)15-8-9-15/h1-7,10,15,17H,8-9,11-12H2.